The van der Waals surface area contributed by atoms with E-state index in [0.717, 1.165) is 82.4 Å². The third kappa shape index (κ3) is 7.80. The molecule has 65 heavy (non-hydrogen) atoms. The fraction of sp³-hybridized carbons (Fsp3) is 0.224. The van der Waals surface area contributed by atoms with Crippen molar-refractivity contribution >= 4 is 51.0 Å². The minimum atomic E-state index is -0.185. The van der Waals surface area contributed by atoms with E-state index in [1.54, 1.807) is 0 Å². The van der Waals surface area contributed by atoms with Crippen LogP contribution >= 0.6 is 0 Å². The van der Waals surface area contributed by atoms with E-state index in [1.807, 2.05) is 6.07 Å². The zero-order chi connectivity index (χ0) is 44.9. The minimum absolute atomic E-state index is 0. The van der Waals surface area contributed by atoms with Gasteiger partial charge in [-0.2, -0.15) is 0 Å². The molecule has 0 atom stereocenters. The number of carbonyl (C=O) groups excluding carboxylic acids is 1. The quantitative estimate of drug-likeness (QED) is 0.179. The summed E-state index contributed by atoms with van der Waals surface area (Å²) in [6, 6.07) is 41.2. The van der Waals surface area contributed by atoms with Gasteiger partial charge in [-0.1, -0.05) is 172 Å². The summed E-state index contributed by atoms with van der Waals surface area (Å²) in [4.78, 5) is 35.0. The molecular formula is C58H53N5NiO. The molecule has 10 rings (SSSR count). The largest absolute Gasteiger partial charge is 2.00 e. The van der Waals surface area contributed by atoms with Gasteiger partial charge in [0.2, 0.25) is 5.91 Å². The van der Waals surface area contributed by atoms with Crippen molar-refractivity contribution in [1.82, 2.24) is 9.97 Å². The monoisotopic (exact) mass is 893 g/mol. The number of amides is 1. The number of nitrogens with one attached hydrogen (secondary N) is 1. The second-order valence-electron chi connectivity index (χ2n) is 20.5. The van der Waals surface area contributed by atoms with E-state index in [4.69, 9.17) is 20.0 Å². The number of aromatic nitrogens is 2. The van der Waals surface area contributed by atoms with Gasteiger partial charge in [0.25, 0.3) is 0 Å². The van der Waals surface area contributed by atoms with Crippen LogP contribution in [0.5, 0.6) is 0 Å². The molecular weight excluding hydrogens is 841 g/mol. The van der Waals surface area contributed by atoms with Crippen LogP contribution in [0, 0.1) is 10.6 Å². The Balaban J connectivity index is 0.00000533. The van der Waals surface area contributed by atoms with E-state index in [-0.39, 0.29) is 38.6 Å². The molecule has 1 amide bonds. The van der Waals surface area contributed by atoms with Gasteiger partial charge in [0.15, 0.2) is 0 Å². The van der Waals surface area contributed by atoms with E-state index in [9.17, 15) is 4.79 Å². The number of nitrogens with zero attached hydrogens (tertiary/aromatic N) is 4. The van der Waals surface area contributed by atoms with Crippen molar-refractivity contribution in [2.75, 3.05) is 5.32 Å². The fourth-order valence-corrected chi connectivity index (χ4v) is 9.23. The molecule has 7 aromatic rings. The maximum Gasteiger partial charge on any atom is 2.00 e. The number of aliphatic imine (C=N–C) groups is 1. The summed E-state index contributed by atoms with van der Waals surface area (Å²) in [5.41, 5.74) is 14.7. The van der Waals surface area contributed by atoms with Crippen molar-refractivity contribution in [2.24, 2.45) is 9.98 Å². The summed E-state index contributed by atoms with van der Waals surface area (Å²) in [6.07, 6.45) is 6.34. The van der Waals surface area contributed by atoms with Crippen LogP contribution in [-0.4, -0.2) is 11.6 Å². The van der Waals surface area contributed by atoms with Crippen LogP contribution in [0.1, 0.15) is 114 Å². The number of benzene rings is 5. The minimum Gasteiger partial charge on any atom is -0.657 e. The number of carbonyl (C=O) groups is 1. The van der Waals surface area contributed by atoms with Crippen molar-refractivity contribution in [2.45, 2.75) is 85.5 Å². The Morgan fingerprint density at radius 3 is 1.80 bits per heavy atom. The van der Waals surface area contributed by atoms with Crippen LogP contribution in [0.3, 0.4) is 0 Å². The summed E-state index contributed by atoms with van der Waals surface area (Å²) in [6.45, 7) is 21.7. The first kappa shape index (κ1) is 43.7. The first-order valence-corrected chi connectivity index (χ1v) is 22.3. The number of hydrogen-bond acceptors (Lipinski definition) is 3. The molecule has 0 saturated carbocycles. The third-order valence-corrected chi connectivity index (χ3v) is 12.7. The van der Waals surface area contributed by atoms with E-state index in [0.29, 0.717) is 22.8 Å². The van der Waals surface area contributed by atoms with Gasteiger partial charge in [0, 0.05) is 23.9 Å². The molecule has 5 heterocycles. The first-order chi connectivity index (χ1) is 30.4. The molecule has 7 heteroatoms. The molecule has 3 aliphatic heterocycles. The van der Waals surface area contributed by atoms with Crippen LogP contribution in [0.4, 0.5) is 5.69 Å². The molecule has 2 aromatic heterocycles. The van der Waals surface area contributed by atoms with Gasteiger partial charge in [0.05, 0.1) is 16.8 Å². The molecule has 326 valence electrons. The number of allylic oxidation sites excluding steroid dienone is 2. The van der Waals surface area contributed by atoms with Crippen molar-refractivity contribution in [3.05, 3.63) is 199 Å². The molecule has 3 aliphatic rings. The van der Waals surface area contributed by atoms with E-state index >= 15 is 0 Å². The molecule has 0 unspecified atom stereocenters. The Labute approximate surface area is 391 Å². The average Bonchev–Trinajstić information content (AvgIpc) is 4.08. The van der Waals surface area contributed by atoms with Crippen LogP contribution < -0.4 is 26.0 Å². The fourth-order valence-electron chi connectivity index (χ4n) is 9.23. The second-order valence-corrected chi connectivity index (χ2v) is 20.5. The SMILES string of the molecule is CC(=O)Nc1cc2[n-]c1C(c1ccc(C(C)(C)C)cc1)=C1C=CC(=N1)C(c1ccc(C(C)(C)C)cc1)=c1ccc([n-]1)=c1c3c(c(-c4ccccc4)c4cc(C(C)(C)C)ccc14)C=C2N=3.[Ni+2]. The molecule has 6 nitrogen and oxygen atoms in total. The number of hydrogen-bond donors (Lipinski definition) is 1. The van der Waals surface area contributed by atoms with Gasteiger partial charge in [-0.15, -0.1) is 22.1 Å². The van der Waals surface area contributed by atoms with Crippen LogP contribution in [0.25, 0.3) is 44.8 Å². The summed E-state index contributed by atoms with van der Waals surface area (Å²) < 4.78 is 0. The molecule has 0 aliphatic carbocycles. The molecule has 5 aromatic carbocycles. The third-order valence-electron chi connectivity index (χ3n) is 12.7. The maximum atomic E-state index is 13.0. The van der Waals surface area contributed by atoms with Crippen LogP contribution in [0.2, 0.25) is 0 Å². The molecule has 0 saturated heterocycles. The molecule has 0 fully saturated rings. The smallest absolute Gasteiger partial charge is 0.657 e. The van der Waals surface area contributed by atoms with Crippen LogP contribution in [0.15, 0.2) is 143 Å². The Morgan fingerprint density at radius 1 is 0.585 bits per heavy atom. The zero-order valence-corrected chi connectivity index (χ0v) is 39.7. The van der Waals surface area contributed by atoms with Gasteiger partial charge in [-0.25, -0.2) is 9.98 Å². The maximum absolute atomic E-state index is 13.0. The Morgan fingerprint density at radius 2 is 1.18 bits per heavy atom. The van der Waals surface area contributed by atoms with Crippen molar-refractivity contribution in [3.63, 3.8) is 0 Å². The van der Waals surface area contributed by atoms with Gasteiger partial charge in [0.1, 0.15) is 0 Å². The van der Waals surface area contributed by atoms with E-state index in [2.05, 4.69) is 195 Å². The second kappa shape index (κ2) is 15.9. The van der Waals surface area contributed by atoms with E-state index < -0.39 is 0 Å². The van der Waals surface area contributed by atoms with Crippen molar-refractivity contribution < 1.29 is 21.3 Å². The van der Waals surface area contributed by atoms with Crippen LogP contribution in [-0.2, 0) is 37.5 Å². The molecule has 0 radical (unpaired) electrons. The summed E-state index contributed by atoms with van der Waals surface area (Å²) in [5, 5.41) is 8.85. The van der Waals surface area contributed by atoms with E-state index in [1.165, 1.54) is 23.6 Å². The summed E-state index contributed by atoms with van der Waals surface area (Å²) in [7, 11) is 0. The summed E-state index contributed by atoms with van der Waals surface area (Å²) >= 11 is 0. The topological polar surface area (TPSA) is 82.0 Å². The number of anilines is 1. The molecule has 1 N–H and O–H groups in total. The number of fused-ring (bicyclic) bond motifs is 9. The van der Waals surface area contributed by atoms with Gasteiger partial charge < -0.3 is 15.3 Å². The first-order valence-electron chi connectivity index (χ1n) is 22.3. The van der Waals surface area contributed by atoms with Gasteiger partial charge >= 0.3 is 16.5 Å². The van der Waals surface area contributed by atoms with Crippen molar-refractivity contribution in [1.29, 1.82) is 0 Å². The number of rotatable bonds is 4. The van der Waals surface area contributed by atoms with Gasteiger partial charge in [-0.3, -0.25) is 4.79 Å². The summed E-state index contributed by atoms with van der Waals surface area (Å²) in [5.74, 6) is -0.185. The predicted octanol–water partition coefficient (Wildman–Crippen LogP) is 11.7. The normalized spacial score (nSPS) is 14.4. The Kier molecular flexibility index (Phi) is 10.7. The zero-order valence-electron chi connectivity index (χ0n) is 38.7. The molecule has 8 bridgehead atoms. The van der Waals surface area contributed by atoms with Gasteiger partial charge in [-0.05, 0) is 107 Å². The predicted molar refractivity (Wildman–Crippen MR) is 264 cm³/mol. The standard InChI is InChI=1S/C58H54N5O.Ni/c1-33(64)59-49-32-48-47-31-42-50(34-14-12-11-13-15-34)41-30-39(58(8,9)10)24-25-40(41)53(54(42)62-47)46-29-27-44(61-46)51(35-16-20-37(21-17-35)56(2,3)4)43-26-28-45(60-43)52(55(49)63-48)36-18-22-38(23-19-36)57(5,6)7;/h11-32H,1-10H3,(H2-,59,60,61,62,63,64);/q-1;+2/p-1. The van der Waals surface area contributed by atoms with Crippen molar-refractivity contribution in [3.8, 4) is 11.1 Å². The Bertz CT molecular complexity index is 3450. The molecule has 0 spiro atoms. The Hall–Kier alpha value is -6.56. The average molecular weight is 895 g/mol.